The zero-order chi connectivity index (χ0) is 21.4. The molecule has 0 spiro atoms. The molecule has 1 amide bonds. The van der Waals surface area contributed by atoms with E-state index in [1.165, 1.54) is 0 Å². The minimum atomic E-state index is -0.0315. The zero-order valence-corrected chi connectivity index (χ0v) is 19.3. The molecule has 0 radical (unpaired) electrons. The summed E-state index contributed by atoms with van der Waals surface area (Å²) >= 11 is 0. The Morgan fingerprint density at radius 3 is 2.75 bits per heavy atom. The second kappa shape index (κ2) is 9.42. The van der Waals surface area contributed by atoms with Gasteiger partial charge in [-0.2, -0.15) is 4.98 Å². The molecule has 0 saturated carbocycles. The highest BCUT2D eigenvalue weighted by molar-refractivity contribution is 5.99. The molecular weight excluding hydrogens is 428 g/mol. The molecule has 8 nitrogen and oxygen atoms in total. The fraction of sp³-hybridized carbons (Fsp3) is 0.478. The predicted molar refractivity (Wildman–Crippen MR) is 123 cm³/mol. The minimum Gasteiger partial charge on any atom is -0.337 e. The first-order valence-electron chi connectivity index (χ1n) is 11.2. The number of hydrogen-bond donors (Lipinski definition) is 0. The maximum atomic E-state index is 13.2. The van der Waals surface area contributed by atoms with Gasteiger partial charge in [0, 0.05) is 6.54 Å². The highest BCUT2D eigenvalue weighted by Gasteiger charge is 2.39. The van der Waals surface area contributed by atoms with Gasteiger partial charge in [0.25, 0.3) is 5.91 Å². The standard InChI is InChI=1S/C23H28N6O2.ClH/c1-3-11-27(12-4-2)14-19-25-22(26-31-19)20-21-18-10-7-13-28(18)23(30)16-8-5-6-9-17(16)29(21)15-24-20;/h5-6,8-9,15,18H,3-4,7,10-14H2,1-2H3;1H/t18-;/m0./s1. The van der Waals surface area contributed by atoms with Crippen molar-refractivity contribution in [2.75, 3.05) is 19.6 Å². The monoisotopic (exact) mass is 456 g/mol. The number of amides is 1. The lowest BCUT2D eigenvalue weighted by atomic mass is 10.1. The first-order valence-corrected chi connectivity index (χ1v) is 11.2. The summed E-state index contributed by atoms with van der Waals surface area (Å²) in [6.07, 6.45) is 5.84. The van der Waals surface area contributed by atoms with Crippen molar-refractivity contribution in [1.29, 1.82) is 0 Å². The first-order chi connectivity index (χ1) is 15.2. The maximum absolute atomic E-state index is 13.2. The molecule has 9 heteroatoms. The molecule has 3 aromatic rings. The van der Waals surface area contributed by atoms with E-state index >= 15 is 0 Å². The third kappa shape index (κ3) is 3.82. The van der Waals surface area contributed by atoms with Crippen molar-refractivity contribution in [3.8, 4) is 17.2 Å². The van der Waals surface area contributed by atoms with Crippen LogP contribution in [0, 0.1) is 0 Å². The second-order valence-electron chi connectivity index (χ2n) is 8.31. The number of benzene rings is 1. The molecule has 2 aromatic heterocycles. The Bertz CT molecular complexity index is 1090. The fourth-order valence-electron chi connectivity index (χ4n) is 4.86. The SMILES string of the molecule is CCCN(CCC)Cc1nc(-c2ncn3c2[C@@H]2CCCN2C(=O)c2ccccc2-3)no1.Cl. The average Bonchev–Trinajstić information content (AvgIpc) is 3.51. The third-order valence-electron chi connectivity index (χ3n) is 6.15. The van der Waals surface area contributed by atoms with Crippen LogP contribution >= 0.6 is 12.4 Å². The summed E-state index contributed by atoms with van der Waals surface area (Å²) in [6.45, 7) is 7.75. The summed E-state index contributed by atoms with van der Waals surface area (Å²) in [5.74, 6) is 1.18. The van der Waals surface area contributed by atoms with Crippen LogP contribution in [0.15, 0.2) is 35.1 Å². The molecule has 2 aliphatic heterocycles. The van der Waals surface area contributed by atoms with Crippen molar-refractivity contribution in [2.24, 2.45) is 0 Å². The first kappa shape index (κ1) is 22.5. The van der Waals surface area contributed by atoms with Gasteiger partial charge in [-0.1, -0.05) is 31.1 Å². The molecule has 0 aliphatic carbocycles. The number of halogens is 1. The lowest BCUT2D eigenvalue weighted by Crippen LogP contribution is -2.29. The van der Waals surface area contributed by atoms with E-state index in [1.54, 1.807) is 6.33 Å². The Hall–Kier alpha value is -2.71. The van der Waals surface area contributed by atoms with Gasteiger partial charge in [-0.05, 0) is 50.9 Å². The van der Waals surface area contributed by atoms with Gasteiger partial charge in [-0.25, -0.2) is 4.98 Å². The Labute approximate surface area is 194 Å². The molecule has 0 N–H and O–H groups in total. The van der Waals surface area contributed by atoms with Crippen LogP contribution in [-0.4, -0.2) is 55.0 Å². The second-order valence-corrected chi connectivity index (χ2v) is 8.31. The van der Waals surface area contributed by atoms with E-state index in [1.807, 2.05) is 33.7 Å². The normalized spacial score (nSPS) is 17.0. The van der Waals surface area contributed by atoms with E-state index in [9.17, 15) is 4.79 Å². The molecule has 170 valence electrons. The third-order valence-corrected chi connectivity index (χ3v) is 6.15. The van der Waals surface area contributed by atoms with Gasteiger partial charge in [0.05, 0.1) is 29.5 Å². The van der Waals surface area contributed by atoms with E-state index in [0.717, 1.165) is 56.7 Å². The fourth-order valence-corrected chi connectivity index (χ4v) is 4.86. The van der Waals surface area contributed by atoms with Crippen LogP contribution in [0.1, 0.15) is 67.5 Å². The Morgan fingerprint density at radius 1 is 1.19 bits per heavy atom. The van der Waals surface area contributed by atoms with Crippen molar-refractivity contribution in [2.45, 2.75) is 52.1 Å². The molecule has 0 bridgehead atoms. The number of aromatic nitrogens is 4. The number of carbonyl (C=O) groups excluding carboxylic acids is 1. The van der Waals surface area contributed by atoms with Crippen LogP contribution < -0.4 is 0 Å². The topological polar surface area (TPSA) is 80.3 Å². The summed E-state index contributed by atoms with van der Waals surface area (Å²) in [5.41, 5.74) is 3.24. The van der Waals surface area contributed by atoms with Gasteiger partial charge in [0.15, 0.2) is 0 Å². The van der Waals surface area contributed by atoms with Crippen molar-refractivity contribution >= 4 is 18.3 Å². The molecule has 2 aliphatic rings. The van der Waals surface area contributed by atoms with Crippen molar-refractivity contribution in [3.63, 3.8) is 0 Å². The van der Waals surface area contributed by atoms with Crippen LogP contribution in [0.4, 0.5) is 0 Å². The van der Waals surface area contributed by atoms with Gasteiger partial charge >= 0.3 is 0 Å². The minimum absolute atomic E-state index is 0. The zero-order valence-electron chi connectivity index (χ0n) is 18.5. The average molecular weight is 457 g/mol. The maximum Gasteiger partial charge on any atom is 0.256 e. The van der Waals surface area contributed by atoms with Crippen LogP contribution in [-0.2, 0) is 6.54 Å². The Morgan fingerprint density at radius 2 is 1.97 bits per heavy atom. The smallest absolute Gasteiger partial charge is 0.256 e. The quantitative estimate of drug-likeness (QED) is 0.528. The van der Waals surface area contributed by atoms with Crippen molar-refractivity contribution in [1.82, 2.24) is 29.5 Å². The molecule has 1 atom stereocenters. The summed E-state index contributed by atoms with van der Waals surface area (Å²) in [7, 11) is 0. The van der Waals surface area contributed by atoms with E-state index in [0.29, 0.717) is 29.5 Å². The molecule has 1 saturated heterocycles. The summed E-state index contributed by atoms with van der Waals surface area (Å²) in [4.78, 5) is 26.9. The van der Waals surface area contributed by atoms with Crippen LogP contribution in [0.5, 0.6) is 0 Å². The Kier molecular flexibility index (Phi) is 6.62. The number of carbonyl (C=O) groups is 1. The molecule has 1 aromatic carbocycles. The van der Waals surface area contributed by atoms with Crippen LogP contribution in [0.25, 0.3) is 17.2 Å². The number of imidazole rings is 1. The summed E-state index contributed by atoms with van der Waals surface area (Å²) in [6, 6.07) is 7.70. The molecule has 1 fully saturated rings. The van der Waals surface area contributed by atoms with E-state index in [-0.39, 0.29) is 24.4 Å². The molecule has 0 unspecified atom stereocenters. The number of rotatable bonds is 7. The highest BCUT2D eigenvalue weighted by Crippen LogP contribution is 2.41. The Balaban J connectivity index is 0.00000245. The lowest BCUT2D eigenvalue weighted by molar-refractivity contribution is 0.0739. The largest absolute Gasteiger partial charge is 0.337 e. The number of nitrogens with zero attached hydrogens (tertiary/aromatic N) is 6. The van der Waals surface area contributed by atoms with Crippen molar-refractivity contribution < 1.29 is 9.32 Å². The number of para-hydroxylation sites is 1. The van der Waals surface area contributed by atoms with Crippen LogP contribution in [0.3, 0.4) is 0 Å². The van der Waals surface area contributed by atoms with Crippen LogP contribution in [0.2, 0.25) is 0 Å². The summed E-state index contributed by atoms with van der Waals surface area (Å²) in [5, 5.41) is 4.27. The number of fused-ring (bicyclic) bond motifs is 5. The van der Waals surface area contributed by atoms with Gasteiger partial charge in [-0.3, -0.25) is 14.3 Å². The van der Waals surface area contributed by atoms with E-state index in [4.69, 9.17) is 4.52 Å². The van der Waals surface area contributed by atoms with Crippen molar-refractivity contribution in [3.05, 3.63) is 47.7 Å². The number of hydrogen-bond acceptors (Lipinski definition) is 6. The lowest BCUT2D eigenvalue weighted by Gasteiger charge is -2.22. The van der Waals surface area contributed by atoms with Gasteiger partial charge in [0.2, 0.25) is 11.7 Å². The van der Waals surface area contributed by atoms with Gasteiger partial charge < -0.3 is 9.42 Å². The summed E-state index contributed by atoms with van der Waals surface area (Å²) < 4.78 is 7.64. The predicted octanol–water partition coefficient (Wildman–Crippen LogP) is 4.26. The molecule has 5 rings (SSSR count). The molecular formula is C23H29ClN6O2. The highest BCUT2D eigenvalue weighted by atomic mass is 35.5. The van der Waals surface area contributed by atoms with Gasteiger partial charge in [0.1, 0.15) is 12.0 Å². The molecule has 4 heterocycles. The molecule has 32 heavy (non-hydrogen) atoms. The van der Waals surface area contributed by atoms with E-state index in [2.05, 4.69) is 33.9 Å². The van der Waals surface area contributed by atoms with E-state index < -0.39 is 0 Å². The van der Waals surface area contributed by atoms with Gasteiger partial charge in [-0.15, -0.1) is 12.4 Å².